The van der Waals surface area contributed by atoms with Gasteiger partial charge in [-0.3, -0.25) is 14.5 Å². The van der Waals surface area contributed by atoms with Gasteiger partial charge in [-0.15, -0.1) is 0 Å². The number of hydrogen-bond acceptors (Lipinski definition) is 4. The molecule has 0 saturated carbocycles. The number of rotatable bonds is 5. The SMILES string of the molecule is CCNC(=O)CN(CC)C(=O)N1CC(=O)NCC1C(=O)O. The van der Waals surface area contributed by atoms with Gasteiger partial charge in [-0.25, -0.2) is 9.59 Å². The number of nitrogens with zero attached hydrogens (tertiary/aromatic N) is 2. The van der Waals surface area contributed by atoms with Crippen LogP contribution >= 0.6 is 0 Å². The average molecular weight is 300 g/mol. The fourth-order valence-corrected chi connectivity index (χ4v) is 1.99. The Labute approximate surface area is 122 Å². The number of carboxylic acids is 1. The van der Waals surface area contributed by atoms with Crippen LogP contribution < -0.4 is 10.6 Å². The van der Waals surface area contributed by atoms with Crippen molar-refractivity contribution in [3.8, 4) is 0 Å². The van der Waals surface area contributed by atoms with E-state index in [2.05, 4.69) is 10.6 Å². The molecule has 1 aliphatic heterocycles. The van der Waals surface area contributed by atoms with E-state index < -0.39 is 23.9 Å². The molecule has 1 heterocycles. The van der Waals surface area contributed by atoms with Gasteiger partial charge < -0.3 is 20.6 Å². The number of amides is 4. The monoisotopic (exact) mass is 300 g/mol. The minimum Gasteiger partial charge on any atom is -0.480 e. The van der Waals surface area contributed by atoms with Crippen LogP contribution in [-0.2, 0) is 14.4 Å². The van der Waals surface area contributed by atoms with Crippen molar-refractivity contribution < 1.29 is 24.3 Å². The summed E-state index contributed by atoms with van der Waals surface area (Å²) in [7, 11) is 0. The zero-order valence-corrected chi connectivity index (χ0v) is 12.1. The molecule has 1 unspecified atom stereocenters. The van der Waals surface area contributed by atoms with Gasteiger partial charge in [0.15, 0.2) is 0 Å². The molecule has 1 aliphatic rings. The molecule has 9 nitrogen and oxygen atoms in total. The Bertz CT molecular complexity index is 439. The number of carboxylic acid groups (broad SMARTS) is 1. The summed E-state index contributed by atoms with van der Waals surface area (Å²) in [5.74, 6) is -1.95. The highest BCUT2D eigenvalue weighted by molar-refractivity contribution is 5.92. The minimum atomic E-state index is -1.20. The van der Waals surface area contributed by atoms with Crippen LogP contribution in [0.3, 0.4) is 0 Å². The highest BCUT2D eigenvalue weighted by Crippen LogP contribution is 2.09. The van der Waals surface area contributed by atoms with E-state index in [0.717, 1.165) is 4.90 Å². The van der Waals surface area contributed by atoms with Crippen molar-refractivity contribution >= 4 is 23.8 Å². The predicted molar refractivity (Wildman–Crippen MR) is 72.5 cm³/mol. The second-order valence-electron chi connectivity index (χ2n) is 4.54. The van der Waals surface area contributed by atoms with Gasteiger partial charge in [-0.1, -0.05) is 0 Å². The van der Waals surface area contributed by atoms with Crippen LogP contribution in [0.25, 0.3) is 0 Å². The standard InChI is InChI=1S/C12H20N4O5/c1-3-13-9(17)6-15(4-2)12(21)16-7-10(18)14-5-8(16)11(19)20/h8H,3-7H2,1-2H3,(H,13,17)(H,14,18)(H,19,20). The average Bonchev–Trinajstić information content (AvgIpc) is 2.43. The van der Waals surface area contributed by atoms with Crippen molar-refractivity contribution in [1.82, 2.24) is 20.4 Å². The van der Waals surface area contributed by atoms with E-state index in [1.807, 2.05) is 0 Å². The Kier molecular flexibility index (Phi) is 5.94. The van der Waals surface area contributed by atoms with Gasteiger partial charge in [0, 0.05) is 19.6 Å². The molecule has 0 radical (unpaired) electrons. The zero-order chi connectivity index (χ0) is 16.0. The molecule has 1 fully saturated rings. The van der Waals surface area contributed by atoms with Gasteiger partial charge in [0.2, 0.25) is 11.8 Å². The second kappa shape index (κ2) is 7.46. The van der Waals surface area contributed by atoms with Crippen molar-refractivity contribution in [3.05, 3.63) is 0 Å². The van der Waals surface area contributed by atoms with Gasteiger partial charge in [0.1, 0.15) is 19.1 Å². The molecule has 4 amide bonds. The Balaban J connectivity index is 2.82. The van der Waals surface area contributed by atoms with Crippen LogP contribution in [0.4, 0.5) is 4.79 Å². The van der Waals surface area contributed by atoms with Crippen LogP contribution in [0.2, 0.25) is 0 Å². The molecular formula is C12H20N4O5. The normalized spacial score (nSPS) is 17.9. The van der Waals surface area contributed by atoms with Crippen LogP contribution in [0, 0.1) is 0 Å². The third kappa shape index (κ3) is 4.33. The number of carbonyl (C=O) groups excluding carboxylic acids is 3. The summed E-state index contributed by atoms with van der Waals surface area (Å²) < 4.78 is 0. The Morgan fingerprint density at radius 2 is 2.10 bits per heavy atom. The molecule has 0 aromatic rings. The van der Waals surface area contributed by atoms with Crippen LogP contribution in [0.1, 0.15) is 13.8 Å². The molecule has 0 aromatic heterocycles. The smallest absolute Gasteiger partial charge is 0.328 e. The third-order valence-corrected chi connectivity index (χ3v) is 3.07. The van der Waals surface area contributed by atoms with E-state index in [4.69, 9.17) is 5.11 Å². The number of carbonyl (C=O) groups is 4. The van der Waals surface area contributed by atoms with Crippen LogP contribution in [0.15, 0.2) is 0 Å². The van der Waals surface area contributed by atoms with Gasteiger partial charge in [0.05, 0.1) is 0 Å². The lowest BCUT2D eigenvalue weighted by Gasteiger charge is -2.36. The van der Waals surface area contributed by atoms with Gasteiger partial charge in [-0.05, 0) is 13.8 Å². The van der Waals surface area contributed by atoms with E-state index in [0.29, 0.717) is 6.54 Å². The molecule has 0 aliphatic carbocycles. The summed E-state index contributed by atoms with van der Waals surface area (Å²) in [5.41, 5.74) is 0. The summed E-state index contributed by atoms with van der Waals surface area (Å²) in [5, 5.41) is 14.1. The maximum Gasteiger partial charge on any atom is 0.328 e. The summed E-state index contributed by atoms with van der Waals surface area (Å²) in [6.07, 6.45) is 0. The lowest BCUT2D eigenvalue weighted by atomic mass is 10.2. The fourth-order valence-electron chi connectivity index (χ4n) is 1.99. The number of piperazine rings is 1. The first-order valence-electron chi connectivity index (χ1n) is 6.72. The summed E-state index contributed by atoms with van der Waals surface area (Å²) in [6, 6.07) is -1.76. The molecule has 1 saturated heterocycles. The molecule has 0 bridgehead atoms. The maximum absolute atomic E-state index is 12.4. The molecule has 3 N–H and O–H groups in total. The number of urea groups is 1. The van der Waals surface area contributed by atoms with Crippen molar-refractivity contribution in [3.63, 3.8) is 0 Å². The minimum absolute atomic E-state index is 0.140. The molecule has 21 heavy (non-hydrogen) atoms. The molecule has 1 atom stereocenters. The summed E-state index contributed by atoms with van der Waals surface area (Å²) in [6.45, 7) is 3.46. The topological polar surface area (TPSA) is 119 Å². The lowest BCUT2D eigenvalue weighted by molar-refractivity contribution is -0.144. The number of hydrogen-bond donors (Lipinski definition) is 3. The molecule has 9 heteroatoms. The molecule has 0 spiro atoms. The highest BCUT2D eigenvalue weighted by Gasteiger charge is 2.37. The Morgan fingerprint density at radius 3 is 2.62 bits per heavy atom. The largest absolute Gasteiger partial charge is 0.480 e. The molecule has 118 valence electrons. The second-order valence-corrected chi connectivity index (χ2v) is 4.54. The van der Waals surface area contributed by atoms with Crippen LogP contribution in [0.5, 0.6) is 0 Å². The number of nitrogens with one attached hydrogen (secondary N) is 2. The third-order valence-electron chi connectivity index (χ3n) is 3.07. The number of likely N-dealkylation sites (N-methyl/N-ethyl adjacent to an activating group) is 2. The van der Waals surface area contributed by atoms with Crippen molar-refractivity contribution in [2.24, 2.45) is 0 Å². The van der Waals surface area contributed by atoms with Gasteiger partial charge in [-0.2, -0.15) is 0 Å². The van der Waals surface area contributed by atoms with Crippen molar-refractivity contribution in [1.29, 1.82) is 0 Å². The first kappa shape index (κ1) is 16.7. The first-order valence-corrected chi connectivity index (χ1v) is 6.72. The predicted octanol–water partition coefficient (Wildman–Crippen LogP) is -1.55. The quantitative estimate of drug-likeness (QED) is 0.568. The lowest BCUT2D eigenvalue weighted by Crippen LogP contribution is -2.62. The van der Waals surface area contributed by atoms with Crippen LogP contribution in [-0.4, -0.2) is 77.5 Å². The fraction of sp³-hybridized carbons (Fsp3) is 0.667. The number of aliphatic carboxylic acids is 1. The van der Waals surface area contributed by atoms with Gasteiger partial charge in [0.25, 0.3) is 0 Å². The van der Waals surface area contributed by atoms with E-state index in [1.165, 1.54) is 4.90 Å². The summed E-state index contributed by atoms with van der Waals surface area (Å²) >= 11 is 0. The maximum atomic E-state index is 12.4. The Morgan fingerprint density at radius 1 is 1.43 bits per heavy atom. The molecular weight excluding hydrogens is 280 g/mol. The van der Waals surface area contributed by atoms with E-state index in [9.17, 15) is 19.2 Å². The van der Waals surface area contributed by atoms with E-state index in [1.54, 1.807) is 13.8 Å². The zero-order valence-electron chi connectivity index (χ0n) is 12.1. The highest BCUT2D eigenvalue weighted by atomic mass is 16.4. The molecule has 0 aromatic carbocycles. The summed E-state index contributed by atoms with van der Waals surface area (Å²) in [4.78, 5) is 48.7. The van der Waals surface area contributed by atoms with Crippen molar-refractivity contribution in [2.75, 3.05) is 32.7 Å². The van der Waals surface area contributed by atoms with Gasteiger partial charge >= 0.3 is 12.0 Å². The Hall–Kier alpha value is -2.32. The molecule has 1 rings (SSSR count). The first-order chi connectivity index (χ1) is 9.90. The van der Waals surface area contributed by atoms with E-state index in [-0.39, 0.29) is 32.1 Å². The van der Waals surface area contributed by atoms with E-state index >= 15 is 0 Å². The van der Waals surface area contributed by atoms with Crippen molar-refractivity contribution in [2.45, 2.75) is 19.9 Å².